The monoisotopic (exact) mass is 408 g/mol. The van der Waals surface area contributed by atoms with Crippen LogP contribution in [-0.2, 0) is 18.0 Å². The Morgan fingerprint density at radius 1 is 1.17 bits per heavy atom. The van der Waals surface area contributed by atoms with Crippen LogP contribution in [-0.4, -0.2) is 50.4 Å². The summed E-state index contributed by atoms with van der Waals surface area (Å²) in [6.07, 6.45) is 2.93. The number of thioether (sulfide) groups is 1. The summed E-state index contributed by atoms with van der Waals surface area (Å²) >= 11 is 1.85. The number of benzene rings is 1. The van der Waals surface area contributed by atoms with Crippen molar-refractivity contribution in [1.82, 2.24) is 24.8 Å². The number of aliphatic imine (C=N–C) groups is 1. The number of pyridine rings is 1. The zero-order chi connectivity index (χ0) is 20.2. The zero-order valence-corrected chi connectivity index (χ0v) is 17.7. The van der Waals surface area contributed by atoms with Gasteiger partial charge in [0.05, 0.1) is 17.1 Å². The Bertz CT molecular complexity index is 1020. The van der Waals surface area contributed by atoms with Crippen LogP contribution in [0.4, 0.5) is 0 Å². The van der Waals surface area contributed by atoms with E-state index in [-0.39, 0.29) is 0 Å². The molecule has 8 heteroatoms. The summed E-state index contributed by atoms with van der Waals surface area (Å²) in [6, 6.07) is 12.4. The average molecular weight is 409 g/mol. The van der Waals surface area contributed by atoms with Gasteiger partial charge in [0, 0.05) is 30.8 Å². The van der Waals surface area contributed by atoms with Crippen molar-refractivity contribution in [2.75, 3.05) is 19.8 Å². The third-order valence-electron chi connectivity index (χ3n) is 4.47. The Hall–Kier alpha value is -2.55. The van der Waals surface area contributed by atoms with E-state index in [0.29, 0.717) is 13.2 Å². The minimum absolute atomic E-state index is 0.338. The van der Waals surface area contributed by atoms with Gasteiger partial charge in [0.2, 0.25) is 0 Å². The van der Waals surface area contributed by atoms with Crippen molar-refractivity contribution in [3.8, 4) is 5.69 Å². The molecule has 1 aromatic carbocycles. The minimum Gasteiger partial charge on any atom is -0.291 e. The summed E-state index contributed by atoms with van der Waals surface area (Å²) < 4.78 is 2.06. The SMILES string of the molecule is CCCSc1ccc2c(c1)C(c1ccccn1)=NCc1nnc(CON(C)C)n1-2. The summed E-state index contributed by atoms with van der Waals surface area (Å²) in [5, 5.41) is 10.4. The molecule has 3 aromatic rings. The maximum Gasteiger partial charge on any atom is 0.165 e. The van der Waals surface area contributed by atoms with Gasteiger partial charge in [-0.25, -0.2) is 0 Å². The summed E-state index contributed by atoms with van der Waals surface area (Å²) in [6.45, 7) is 2.97. The van der Waals surface area contributed by atoms with Crippen LogP contribution in [0.15, 0.2) is 52.5 Å². The zero-order valence-electron chi connectivity index (χ0n) is 16.9. The number of rotatable bonds is 7. The number of fused-ring (bicyclic) bond motifs is 3. The lowest BCUT2D eigenvalue weighted by atomic mass is 10.0. The molecule has 0 aliphatic carbocycles. The second-order valence-electron chi connectivity index (χ2n) is 6.86. The molecule has 0 spiro atoms. The van der Waals surface area contributed by atoms with Crippen molar-refractivity contribution >= 4 is 17.5 Å². The molecule has 1 aliphatic rings. The number of aromatic nitrogens is 4. The van der Waals surface area contributed by atoms with Crippen molar-refractivity contribution < 1.29 is 4.84 Å². The van der Waals surface area contributed by atoms with Crippen LogP contribution in [0.1, 0.15) is 36.3 Å². The fourth-order valence-corrected chi connectivity index (χ4v) is 3.99. The number of hydroxylamine groups is 2. The smallest absolute Gasteiger partial charge is 0.165 e. The normalized spacial score (nSPS) is 13.0. The molecule has 150 valence electrons. The first kappa shape index (κ1) is 19.8. The molecular weight excluding hydrogens is 384 g/mol. The second kappa shape index (κ2) is 8.86. The molecule has 3 heterocycles. The number of hydrogen-bond donors (Lipinski definition) is 0. The second-order valence-corrected chi connectivity index (χ2v) is 8.03. The number of hydrogen-bond acceptors (Lipinski definition) is 7. The number of nitrogens with zero attached hydrogens (tertiary/aromatic N) is 6. The largest absolute Gasteiger partial charge is 0.291 e. The van der Waals surface area contributed by atoms with E-state index in [1.54, 1.807) is 11.3 Å². The van der Waals surface area contributed by atoms with E-state index < -0.39 is 0 Å². The van der Waals surface area contributed by atoms with Crippen LogP contribution in [0.3, 0.4) is 0 Å². The molecule has 1 aliphatic heterocycles. The first-order valence-corrected chi connectivity index (χ1v) is 10.6. The topological polar surface area (TPSA) is 68.4 Å². The van der Waals surface area contributed by atoms with Crippen molar-refractivity contribution in [3.05, 3.63) is 65.5 Å². The predicted octanol–water partition coefficient (Wildman–Crippen LogP) is 3.51. The van der Waals surface area contributed by atoms with Gasteiger partial charge in [-0.05, 0) is 42.5 Å². The maximum atomic E-state index is 5.65. The van der Waals surface area contributed by atoms with E-state index in [2.05, 4.69) is 44.9 Å². The highest BCUT2D eigenvalue weighted by Gasteiger charge is 2.24. The molecule has 0 unspecified atom stereocenters. The van der Waals surface area contributed by atoms with Gasteiger partial charge >= 0.3 is 0 Å². The van der Waals surface area contributed by atoms with E-state index >= 15 is 0 Å². The molecule has 29 heavy (non-hydrogen) atoms. The van der Waals surface area contributed by atoms with Gasteiger partial charge in [0.15, 0.2) is 11.6 Å². The highest BCUT2D eigenvalue weighted by Crippen LogP contribution is 2.30. The molecule has 7 nitrogen and oxygen atoms in total. The molecule has 0 N–H and O–H groups in total. The third-order valence-corrected chi connectivity index (χ3v) is 5.67. The Morgan fingerprint density at radius 3 is 2.83 bits per heavy atom. The van der Waals surface area contributed by atoms with Crippen LogP contribution < -0.4 is 0 Å². The van der Waals surface area contributed by atoms with Crippen molar-refractivity contribution in [3.63, 3.8) is 0 Å². The quantitative estimate of drug-likeness (QED) is 0.440. The van der Waals surface area contributed by atoms with Gasteiger partial charge in [0.25, 0.3) is 0 Å². The molecule has 0 saturated heterocycles. The molecule has 0 radical (unpaired) electrons. The Balaban J connectivity index is 1.84. The van der Waals surface area contributed by atoms with E-state index in [0.717, 1.165) is 46.5 Å². The van der Waals surface area contributed by atoms with Crippen LogP contribution in [0, 0.1) is 0 Å². The van der Waals surface area contributed by atoms with Crippen LogP contribution in [0.5, 0.6) is 0 Å². The average Bonchev–Trinajstić information content (AvgIpc) is 3.07. The molecule has 4 rings (SSSR count). The van der Waals surface area contributed by atoms with Gasteiger partial charge in [-0.3, -0.25) is 19.4 Å². The van der Waals surface area contributed by atoms with Crippen molar-refractivity contribution in [1.29, 1.82) is 0 Å². The maximum absolute atomic E-state index is 5.65. The van der Waals surface area contributed by atoms with Crippen molar-refractivity contribution in [2.24, 2.45) is 4.99 Å². The lowest BCUT2D eigenvalue weighted by Gasteiger charge is -2.15. The first-order chi connectivity index (χ1) is 14.2. The van der Waals surface area contributed by atoms with E-state index in [1.165, 1.54) is 4.90 Å². The molecular formula is C21H24N6OS. The lowest BCUT2D eigenvalue weighted by Crippen LogP contribution is -2.16. The van der Waals surface area contributed by atoms with E-state index in [4.69, 9.17) is 9.83 Å². The van der Waals surface area contributed by atoms with Gasteiger partial charge < -0.3 is 0 Å². The molecule has 2 aromatic heterocycles. The van der Waals surface area contributed by atoms with Crippen molar-refractivity contribution in [2.45, 2.75) is 31.4 Å². The van der Waals surface area contributed by atoms with Crippen LogP contribution >= 0.6 is 11.8 Å². The fraction of sp³-hybridized carbons (Fsp3) is 0.333. The van der Waals surface area contributed by atoms with E-state index in [9.17, 15) is 0 Å². The molecule has 0 amide bonds. The third kappa shape index (κ3) is 4.24. The molecule has 0 atom stereocenters. The first-order valence-electron chi connectivity index (χ1n) is 9.64. The summed E-state index contributed by atoms with van der Waals surface area (Å²) in [5.41, 5.74) is 3.78. The predicted molar refractivity (Wildman–Crippen MR) is 114 cm³/mol. The Kier molecular flexibility index (Phi) is 6.03. The van der Waals surface area contributed by atoms with Gasteiger partial charge in [-0.15, -0.1) is 22.0 Å². The Morgan fingerprint density at radius 2 is 2.07 bits per heavy atom. The minimum atomic E-state index is 0.338. The van der Waals surface area contributed by atoms with Crippen LogP contribution in [0.25, 0.3) is 5.69 Å². The standard InChI is InChI=1S/C21H24N6OS/c1-4-11-29-15-8-9-18-16(12-15)21(17-7-5-6-10-22-17)23-13-19-24-25-20(27(18)19)14-28-26(2)3/h5-10,12H,4,11,13-14H2,1-3H3. The lowest BCUT2D eigenvalue weighted by molar-refractivity contribution is -0.133. The van der Waals surface area contributed by atoms with Gasteiger partial charge in [-0.2, -0.15) is 5.06 Å². The molecule has 0 fully saturated rings. The van der Waals surface area contributed by atoms with Crippen LogP contribution in [0.2, 0.25) is 0 Å². The highest BCUT2D eigenvalue weighted by molar-refractivity contribution is 7.99. The van der Waals surface area contributed by atoms with E-state index in [1.807, 2.05) is 44.1 Å². The van der Waals surface area contributed by atoms with Gasteiger partial charge in [-0.1, -0.05) is 13.0 Å². The summed E-state index contributed by atoms with van der Waals surface area (Å²) in [5.74, 6) is 2.62. The summed E-state index contributed by atoms with van der Waals surface area (Å²) in [4.78, 5) is 16.3. The van der Waals surface area contributed by atoms with Gasteiger partial charge in [0.1, 0.15) is 13.2 Å². The Labute approximate surface area is 174 Å². The fourth-order valence-electron chi connectivity index (χ4n) is 3.18. The molecule has 0 saturated carbocycles. The molecule has 0 bridgehead atoms. The highest BCUT2D eigenvalue weighted by atomic mass is 32.2. The summed E-state index contributed by atoms with van der Waals surface area (Å²) in [7, 11) is 3.71.